The van der Waals surface area contributed by atoms with Gasteiger partial charge in [-0.2, -0.15) is 5.10 Å². The van der Waals surface area contributed by atoms with Gasteiger partial charge >= 0.3 is 0 Å². The molecule has 3 heterocycles. The van der Waals surface area contributed by atoms with E-state index in [9.17, 15) is 0 Å². The normalized spacial score (nSPS) is 11.2. The molecule has 0 aliphatic heterocycles. The van der Waals surface area contributed by atoms with Crippen LogP contribution in [0, 0.1) is 6.92 Å². The molecule has 0 bridgehead atoms. The van der Waals surface area contributed by atoms with Crippen LogP contribution < -0.4 is 5.73 Å². The van der Waals surface area contributed by atoms with Gasteiger partial charge in [0.15, 0.2) is 5.65 Å². The third-order valence-electron chi connectivity index (χ3n) is 2.87. The van der Waals surface area contributed by atoms with E-state index in [-0.39, 0.29) is 0 Å². The summed E-state index contributed by atoms with van der Waals surface area (Å²) in [5.74, 6) is 0. The van der Waals surface area contributed by atoms with Crippen molar-refractivity contribution in [3.05, 3.63) is 41.0 Å². The zero-order valence-electron chi connectivity index (χ0n) is 10.1. The molecule has 0 fully saturated rings. The maximum Gasteiger partial charge on any atom is 0.153 e. The van der Waals surface area contributed by atoms with Gasteiger partial charge in [0.1, 0.15) is 5.69 Å². The lowest BCUT2D eigenvalue weighted by Crippen LogP contribution is -2.02. The van der Waals surface area contributed by atoms with E-state index >= 15 is 0 Å². The molecule has 3 aromatic rings. The van der Waals surface area contributed by atoms with Crippen LogP contribution in [0.1, 0.15) is 11.3 Å². The third-order valence-corrected chi connectivity index (χ3v) is 3.90. The van der Waals surface area contributed by atoms with Gasteiger partial charge in [-0.05, 0) is 42.6 Å². The number of hydrogen-bond acceptors (Lipinski definition) is 4. The molecule has 0 aliphatic carbocycles. The predicted molar refractivity (Wildman–Crippen MR) is 73.8 cm³/mol. The number of thiophene rings is 1. The molecule has 0 saturated carbocycles. The summed E-state index contributed by atoms with van der Waals surface area (Å²) < 4.78 is 1.83. The molecule has 2 N–H and O–H groups in total. The highest BCUT2D eigenvalue weighted by molar-refractivity contribution is 7.13. The quantitative estimate of drug-likeness (QED) is 0.784. The van der Waals surface area contributed by atoms with Crippen molar-refractivity contribution in [2.45, 2.75) is 13.3 Å². The molecule has 0 aromatic carbocycles. The lowest BCUT2D eigenvalue weighted by Gasteiger charge is -1.99. The van der Waals surface area contributed by atoms with E-state index in [2.05, 4.69) is 28.5 Å². The van der Waals surface area contributed by atoms with Crippen LogP contribution in [0.15, 0.2) is 29.8 Å². The zero-order valence-corrected chi connectivity index (χ0v) is 10.9. The fraction of sp³-hybridized carbons (Fsp3) is 0.231. The summed E-state index contributed by atoms with van der Waals surface area (Å²) in [5.41, 5.74) is 9.65. The van der Waals surface area contributed by atoms with Crippen molar-refractivity contribution >= 4 is 17.0 Å². The Kier molecular flexibility index (Phi) is 2.85. The monoisotopic (exact) mass is 258 g/mol. The maximum atomic E-state index is 5.54. The Bertz CT molecular complexity index is 683. The summed E-state index contributed by atoms with van der Waals surface area (Å²) in [7, 11) is 0. The molecule has 0 amide bonds. The molecule has 92 valence electrons. The van der Waals surface area contributed by atoms with Crippen LogP contribution in [0.2, 0.25) is 0 Å². The molecular formula is C13H14N4S. The van der Waals surface area contributed by atoms with Gasteiger partial charge in [0.25, 0.3) is 0 Å². The van der Waals surface area contributed by atoms with E-state index < -0.39 is 0 Å². The summed E-state index contributed by atoms with van der Waals surface area (Å²) >= 11 is 1.71. The zero-order chi connectivity index (χ0) is 12.5. The number of nitrogens with two attached hydrogens (primary N) is 1. The second-order valence-electron chi connectivity index (χ2n) is 4.22. The van der Waals surface area contributed by atoms with Crippen molar-refractivity contribution in [2.75, 3.05) is 6.54 Å². The molecule has 0 radical (unpaired) electrons. The molecule has 0 unspecified atom stereocenters. The van der Waals surface area contributed by atoms with Gasteiger partial charge in [-0.25, -0.2) is 9.50 Å². The average Bonchev–Trinajstić information content (AvgIpc) is 2.94. The van der Waals surface area contributed by atoms with E-state index in [1.54, 1.807) is 11.3 Å². The van der Waals surface area contributed by atoms with E-state index in [1.165, 1.54) is 10.4 Å². The van der Waals surface area contributed by atoms with Gasteiger partial charge in [0.2, 0.25) is 0 Å². The number of imidazole rings is 1. The second kappa shape index (κ2) is 4.51. The van der Waals surface area contributed by atoms with Crippen molar-refractivity contribution < 1.29 is 0 Å². The number of aromatic nitrogens is 3. The van der Waals surface area contributed by atoms with E-state index in [0.717, 1.165) is 23.5 Å². The molecule has 18 heavy (non-hydrogen) atoms. The average molecular weight is 258 g/mol. The van der Waals surface area contributed by atoms with Crippen molar-refractivity contribution in [2.24, 2.45) is 5.73 Å². The summed E-state index contributed by atoms with van der Waals surface area (Å²) in [5, 5.41) is 6.69. The van der Waals surface area contributed by atoms with Gasteiger partial charge in [-0.1, -0.05) is 0 Å². The summed E-state index contributed by atoms with van der Waals surface area (Å²) in [6.45, 7) is 2.71. The van der Waals surface area contributed by atoms with Gasteiger partial charge in [0, 0.05) is 6.42 Å². The van der Waals surface area contributed by atoms with Crippen LogP contribution in [-0.4, -0.2) is 21.1 Å². The van der Waals surface area contributed by atoms with Crippen LogP contribution in [0.5, 0.6) is 0 Å². The van der Waals surface area contributed by atoms with Crippen LogP contribution in [0.25, 0.3) is 16.2 Å². The van der Waals surface area contributed by atoms with Gasteiger partial charge in [-0.3, -0.25) is 0 Å². The summed E-state index contributed by atoms with van der Waals surface area (Å²) in [4.78, 5) is 5.69. The Balaban J connectivity index is 2.08. The molecule has 0 saturated heterocycles. The van der Waals surface area contributed by atoms with Crippen LogP contribution in [0.3, 0.4) is 0 Å². The highest BCUT2D eigenvalue weighted by Gasteiger charge is 2.07. The van der Waals surface area contributed by atoms with Gasteiger partial charge in [-0.15, -0.1) is 11.3 Å². The SMILES string of the molecule is Cc1ccsc1-c1ccc2nc(CCN)cn2n1. The van der Waals surface area contributed by atoms with Gasteiger partial charge in [0.05, 0.1) is 16.8 Å². The summed E-state index contributed by atoms with van der Waals surface area (Å²) in [6.07, 6.45) is 2.74. The number of aryl methyl sites for hydroxylation is 1. The lowest BCUT2D eigenvalue weighted by atomic mass is 10.2. The molecule has 4 nitrogen and oxygen atoms in total. The molecule has 0 atom stereocenters. The highest BCUT2D eigenvalue weighted by atomic mass is 32.1. The Morgan fingerprint density at radius 3 is 2.94 bits per heavy atom. The molecule has 3 aromatic heterocycles. The van der Waals surface area contributed by atoms with Crippen molar-refractivity contribution in [1.82, 2.24) is 14.6 Å². The number of rotatable bonds is 3. The number of hydrogen-bond donors (Lipinski definition) is 1. The second-order valence-corrected chi connectivity index (χ2v) is 5.14. The topological polar surface area (TPSA) is 56.2 Å². The number of nitrogens with zero attached hydrogens (tertiary/aromatic N) is 3. The first-order valence-electron chi connectivity index (χ1n) is 5.88. The standard InChI is InChI=1S/C13H14N4S/c1-9-5-7-18-13(9)11-2-3-12-15-10(4-6-14)8-17(12)16-11/h2-3,5,7-8H,4,6,14H2,1H3. The Labute approximate surface area is 109 Å². The van der Waals surface area contributed by atoms with E-state index in [1.807, 2.05) is 22.8 Å². The first-order chi connectivity index (χ1) is 8.78. The molecule has 3 rings (SSSR count). The minimum absolute atomic E-state index is 0.612. The smallest absolute Gasteiger partial charge is 0.153 e. The fourth-order valence-corrected chi connectivity index (χ4v) is 2.85. The molecular weight excluding hydrogens is 244 g/mol. The highest BCUT2D eigenvalue weighted by Crippen LogP contribution is 2.27. The van der Waals surface area contributed by atoms with Crippen molar-refractivity contribution in [3.63, 3.8) is 0 Å². The fourth-order valence-electron chi connectivity index (χ4n) is 1.96. The maximum absolute atomic E-state index is 5.54. The van der Waals surface area contributed by atoms with E-state index in [0.29, 0.717) is 6.54 Å². The Hall–Kier alpha value is -1.72. The van der Waals surface area contributed by atoms with Gasteiger partial charge < -0.3 is 5.73 Å². The largest absolute Gasteiger partial charge is 0.330 e. The predicted octanol–water partition coefficient (Wildman–Crippen LogP) is 2.27. The van der Waals surface area contributed by atoms with Crippen molar-refractivity contribution in [3.8, 4) is 10.6 Å². The molecule has 0 aliphatic rings. The summed E-state index contributed by atoms with van der Waals surface area (Å²) in [6, 6.07) is 6.13. The number of fused-ring (bicyclic) bond motifs is 1. The molecule has 0 spiro atoms. The minimum Gasteiger partial charge on any atom is -0.330 e. The Morgan fingerprint density at radius 2 is 2.22 bits per heavy atom. The first kappa shape index (κ1) is 11.4. The Morgan fingerprint density at radius 1 is 1.33 bits per heavy atom. The van der Waals surface area contributed by atoms with Crippen LogP contribution >= 0.6 is 11.3 Å². The third kappa shape index (κ3) is 1.91. The van der Waals surface area contributed by atoms with Crippen LogP contribution in [-0.2, 0) is 6.42 Å². The van der Waals surface area contributed by atoms with E-state index in [4.69, 9.17) is 5.73 Å². The minimum atomic E-state index is 0.612. The van der Waals surface area contributed by atoms with Crippen LogP contribution in [0.4, 0.5) is 0 Å². The van der Waals surface area contributed by atoms with Crippen molar-refractivity contribution in [1.29, 1.82) is 0 Å². The first-order valence-corrected chi connectivity index (χ1v) is 6.76. The molecule has 5 heteroatoms. The lowest BCUT2D eigenvalue weighted by molar-refractivity contribution is 0.918.